The Labute approximate surface area is 176 Å². The third kappa shape index (κ3) is 9.50. The minimum atomic E-state index is 0. The Morgan fingerprint density at radius 1 is 0.692 bits per heavy atom. The highest BCUT2D eigenvalue weighted by Crippen LogP contribution is 2.16. The zero-order valence-electron chi connectivity index (χ0n) is 16.7. The van der Waals surface area contributed by atoms with Crippen LogP contribution in [-0.2, 0) is 6.54 Å². The first-order valence-electron chi connectivity index (χ1n) is 10.8. The first-order chi connectivity index (χ1) is 12.4. The van der Waals surface area contributed by atoms with Crippen molar-refractivity contribution in [3.05, 3.63) is 29.8 Å². The summed E-state index contributed by atoms with van der Waals surface area (Å²) in [5, 5.41) is 0. The lowest BCUT2D eigenvalue weighted by molar-refractivity contribution is -0.667. The number of hydrogen-bond acceptors (Lipinski definition) is 1. The predicted octanol–water partition coefficient (Wildman–Crippen LogP) is 4.67. The Bertz CT molecular complexity index is 566. The summed E-state index contributed by atoms with van der Waals surface area (Å²) < 4.78 is 3.84. The van der Waals surface area contributed by atoms with Crippen molar-refractivity contribution in [2.45, 2.75) is 103 Å². The number of thiazole rings is 1. The van der Waals surface area contributed by atoms with Crippen LogP contribution in [-0.4, -0.2) is 0 Å². The standard InChI is InChI=1S/C23H38NS.BrH/c1-2-3-4-5-6-7-8-9-10-11-12-13-14-17-20-24-21-25-23-19-16-15-18-22(23)24;/h15-16,18-19,21H,2-14,17,20H2,1H3;1H/q+1;/p-1. The van der Waals surface area contributed by atoms with Gasteiger partial charge < -0.3 is 17.0 Å². The van der Waals surface area contributed by atoms with E-state index < -0.39 is 0 Å². The molecule has 3 heteroatoms. The Kier molecular flexibility index (Phi) is 14.2. The molecule has 1 heterocycles. The van der Waals surface area contributed by atoms with Gasteiger partial charge in [-0.15, -0.1) is 0 Å². The minimum Gasteiger partial charge on any atom is -1.00 e. The molecule has 1 aromatic carbocycles. The molecule has 0 amide bonds. The number of aromatic nitrogens is 1. The molecule has 26 heavy (non-hydrogen) atoms. The third-order valence-electron chi connectivity index (χ3n) is 5.23. The number of benzene rings is 1. The predicted molar refractivity (Wildman–Crippen MR) is 112 cm³/mol. The molecule has 0 saturated heterocycles. The summed E-state index contributed by atoms with van der Waals surface area (Å²) >= 11 is 1.86. The summed E-state index contributed by atoms with van der Waals surface area (Å²) in [6, 6.07) is 8.75. The largest absolute Gasteiger partial charge is 1.00 e. The summed E-state index contributed by atoms with van der Waals surface area (Å²) in [5.74, 6) is 0. The molecule has 0 saturated carbocycles. The molecule has 2 rings (SSSR count). The first-order valence-corrected chi connectivity index (χ1v) is 11.7. The quantitative estimate of drug-likeness (QED) is 0.280. The molecular formula is C23H38BrNS. The molecule has 0 aliphatic carbocycles. The summed E-state index contributed by atoms with van der Waals surface area (Å²) in [6.45, 7) is 3.48. The van der Waals surface area contributed by atoms with Gasteiger partial charge in [-0.3, -0.25) is 0 Å². The molecule has 0 aliphatic rings. The molecule has 0 N–H and O–H groups in total. The van der Waals surface area contributed by atoms with Crippen LogP contribution in [0.4, 0.5) is 0 Å². The van der Waals surface area contributed by atoms with E-state index in [4.69, 9.17) is 0 Å². The van der Waals surface area contributed by atoms with Crippen LogP contribution in [0, 0.1) is 0 Å². The van der Waals surface area contributed by atoms with Gasteiger partial charge in [0.25, 0.3) is 0 Å². The van der Waals surface area contributed by atoms with E-state index in [0.29, 0.717) is 0 Å². The molecule has 0 atom stereocenters. The van der Waals surface area contributed by atoms with Gasteiger partial charge in [-0.05, 0) is 12.5 Å². The number of aryl methyl sites for hydroxylation is 1. The molecule has 0 unspecified atom stereocenters. The van der Waals surface area contributed by atoms with Gasteiger partial charge in [-0.1, -0.05) is 107 Å². The second kappa shape index (κ2) is 15.6. The minimum absolute atomic E-state index is 0. The van der Waals surface area contributed by atoms with Gasteiger partial charge in [-0.2, -0.15) is 4.57 Å². The topological polar surface area (TPSA) is 3.88 Å². The first kappa shape index (κ1) is 23.6. The van der Waals surface area contributed by atoms with Crippen LogP contribution in [0.25, 0.3) is 10.2 Å². The molecule has 1 nitrogen and oxygen atoms in total. The van der Waals surface area contributed by atoms with Crippen LogP contribution >= 0.6 is 11.3 Å². The van der Waals surface area contributed by atoms with Crippen LogP contribution in [0.3, 0.4) is 0 Å². The number of hydrogen-bond donors (Lipinski definition) is 0. The highest BCUT2D eigenvalue weighted by atomic mass is 79.9. The van der Waals surface area contributed by atoms with E-state index in [1.54, 1.807) is 0 Å². The normalized spacial score (nSPS) is 11.0. The van der Waals surface area contributed by atoms with E-state index in [1.165, 1.54) is 107 Å². The van der Waals surface area contributed by atoms with Crippen molar-refractivity contribution in [3.63, 3.8) is 0 Å². The summed E-state index contributed by atoms with van der Waals surface area (Å²) in [6.07, 6.45) is 20.0. The zero-order chi connectivity index (χ0) is 17.6. The monoisotopic (exact) mass is 439 g/mol. The van der Waals surface area contributed by atoms with E-state index in [1.807, 2.05) is 11.3 Å². The third-order valence-corrected chi connectivity index (χ3v) is 6.19. The second-order valence-electron chi connectivity index (χ2n) is 7.48. The maximum Gasteiger partial charge on any atom is 0.225 e. The lowest BCUT2D eigenvalue weighted by atomic mass is 10.0. The number of halogens is 1. The van der Waals surface area contributed by atoms with E-state index in [0.717, 1.165) is 0 Å². The van der Waals surface area contributed by atoms with Crippen molar-refractivity contribution in [3.8, 4) is 0 Å². The van der Waals surface area contributed by atoms with Crippen LogP contribution in [0.5, 0.6) is 0 Å². The summed E-state index contributed by atoms with van der Waals surface area (Å²) in [7, 11) is 0. The smallest absolute Gasteiger partial charge is 0.225 e. The average Bonchev–Trinajstić information content (AvgIpc) is 3.05. The van der Waals surface area contributed by atoms with E-state index in [-0.39, 0.29) is 17.0 Å². The van der Waals surface area contributed by atoms with Crippen molar-refractivity contribution in [1.29, 1.82) is 0 Å². The molecule has 0 aliphatic heterocycles. The Morgan fingerprint density at radius 3 is 1.77 bits per heavy atom. The fourth-order valence-electron chi connectivity index (χ4n) is 3.62. The molecule has 2 aromatic rings. The number of para-hydroxylation sites is 1. The van der Waals surface area contributed by atoms with Gasteiger partial charge in [0.05, 0.1) is 0 Å². The molecule has 148 valence electrons. The lowest BCUT2D eigenvalue weighted by Gasteiger charge is -2.02. The van der Waals surface area contributed by atoms with Crippen LogP contribution in [0.15, 0.2) is 29.8 Å². The molecule has 1 aromatic heterocycles. The average molecular weight is 441 g/mol. The van der Waals surface area contributed by atoms with Gasteiger partial charge in [0.2, 0.25) is 11.0 Å². The highest BCUT2D eigenvalue weighted by Gasteiger charge is 2.09. The SMILES string of the molecule is CCCCCCCCCCCCCCCC[n+]1csc2ccccc21.[Br-]. The van der Waals surface area contributed by atoms with Crippen LogP contribution in [0.2, 0.25) is 0 Å². The van der Waals surface area contributed by atoms with Gasteiger partial charge >= 0.3 is 0 Å². The maximum atomic E-state index is 2.43. The fraction of sp³-hybridized carbons (Fsp3) is 0.696. The molecule has 0 radical (unpaired) electrons. The zero-order valence-corrected chi connectivity index (χ0v) is 19.1. The maximum absolute atomic E-state index is 2.43. The number of fused-ring (bicyclic) bond motifs is 1. The number of rotatable bonds is 15. The van der Waals surface area contributed by atoms with E-state index >= 15 is 0 Å². The number of unbranched alkanes of at least 4 members (excludes halogenated alkanes) is 13. The van der Waals surface area contributed by atoms with Crippen molar-refractivity contribution in [2.24, 2.45) is 0 Å². The van der Waals surface area contributed by atoms with Crippen molar-refractivity contribution >= 4 is 21.6 Å². The van der Waals surface area contributed by atoms with E-state index in [9.17, 15) is 0 Å². The van der Waals surface area contributed by atoms with Crippen molar-refractivity contribution < 1.29 is 21.5 Å². The Morgan fingerprint density at radius 2 is 1.19 bits per heavy atom. The summed E-state index contributed by atoms with van der Waals surface area (Å²) in [5.41, 5.74) is 3.69. The van der Waals surface area contributed by atoms with Gasteiger partial charge in [-0.25, -0.2) is 0 Å². The Balaban J connectivity index is 0.00000338. The second-order valence-corrected chi connectivity index (χ2v) is 8.37. The lowest BCUT2D eigenvalue weighted by Crippen LogP contribution is -3.00. The molecule has 0 bridgehead atoms. The summed E-state index contributed by atoms with van der Waals surface area (Å²) in [4.78, 5) is 0. The highest BCUT2D eigenvalue weighted by molar-refractivity contribution is 7.16. The van der Waals surface area contributed by atoms with E-state index in [2.05, 4.69) is 41.3 Å². The van der Waals surface area contributed by atoms with Gasteiger partial charge in [0.15, 0.2) is 0 Å². The number of nitrogens with zero attached hydrogens (tertiary/aromatic N) is 1. The van der Waals surface area contributed by atoms with Gasteiger partial charge in [0, 0.05) is 12.5 Å². The van der Waals surface area contributed by atoms with Crippen LogP contribution in [0.1, 0.15) is 96.8 Å². The molecular weight excluding hydrogens is 402 g/mol. The Hall–Kier alpha value is -0.410. The van der Waals surface area contributed by atoms with Crippen LogP contribution < -0.4 is 21.5 Å². The van der Waals surface area contributed by atoms with Crippen molar-refractivity contribution in [1.82, 2.24) is 0 Å². The fourth-order valence-corrected chi connectivity index (χ4v) is 4.54. The molecule has 0 spiro atoms. The molecule has 0 fully saturated rings. The van der Waals surface area contributed by atoms with Crippen molar-refractivity contribution in [2.75, 3.05) is 0 Å². The van der Waals surface area contributed by atoms with Gasteiger partial charge in [0.1, 0.15) is 11.2 Å².